The van der Waals surface area contributed by atoms with Crippen molar-refractivity contribution in [3.63, 3.8) is 0 Å². The Bertz CT molecular complexity index is 595. The summed E-state index contributed by atoms with van der Waals surface area (Å²) in [5.74, 6) is -0.510. The van der Waals surface area contributed by atoms with Gasteiger partial charge < -0.3 is 10.2 Å². The van der Waals surface area contributed by atoms with Gasteiger partial charge in [0.05, 0.1) is 12.6 Å². The monoisotopic (exact) mass is 349 g/mol. The minimum absolute atomic E-state index is 0.0665. The van der Waals surface area contributed by atoms with E-state index in [1.54, 1.807) is 11.9 Å². The molecule has 1 aromatic rings. The van der Waals surface area contributed by atoms with Crippen molar-refractivity contribution in [3.05, 3.63) is 30.1 Å². The number of carbonyl (C=O) groups is 2. The number of likely N-dealkylation sites (N-methyl/N-ethyl adjacent to an activating group) is 1. The largest absolute Gasteiger partial charge is 0.336 e. The molecule has 138 valence electrons. The molecule has 25 heavy (non-hydrogen) atoms. The zero-order valence-electron chi connectivity index (χ0n) is 15.5. The average Bonchev–Trinajstić information content (AvgIpc) is 2.55. The van der Waals surface area contributed by atoms with Crippen molar-refractivity contribution in [2.45, 2.75) is 58.2 Å². The van der Waals surface area contributed by atoms with Gasteiger partial charge in [-0.1, -0.05) is 0 Å². The van der Waals surface area contributed by atoms with Crippen molar-refractivity contribution in [3.8, 4) is 0 Å². The third-order valence-electron chi connectivity index (χ3n) is 4.99. The summed E-state index contributed by atoms with van der Waals surface area (Å²) in [5, 5.41) is 2.72. The Kier molecular flexibility index (Phi) is 6.53. The molecule has 0 aromatic heterocycles. The number of benzene rings is 1. The first-order valence-corrected chi connectivity index (χ1v) is 8.87. The van der Waals surface area contributed by atoms with E-state index in [9.17, 15) is 14.0 Å². The molecule has 0 saturated carbocycles. The van der Waals surface area contributed by atoms with Crippen LogP contribution in [0.5, 0.6) is 0 Å². The van der Waals surface area contributed by atoms with Crippen LogP contribution in [-0.2, 0) is 9.59 Å². The fourth-order valence-corrected chi connectivity index (χ4v) is 3.36. The molecule has 1 saturated heterocycles. The second kappa shape index (κ2) is 8.43. The fourth-order valence-electron chi connectivity index (χ4n) is 3.36. The van der Waals surface area contributed by atoms with Crippen molar-refractivity contribution in [1.82, 2.24) is 9.80 Å². The van der Waals surface area contributed by atoms with E-state index in [2.05, 4.69) is 19.2 Å². The molecular formula is C19H28FN3O2. The first-order valence-electron chi connectivity index (χ1n) is 8.87. The summed E-state index contributed by atoms with van der Waals surface area (Å²) in [4.78, 5) is 28.7. The second-order valence-corrected chi connectivity index (χ2v) is 7.02. The first kappa shape index (κ1) is 19.4. The predicted molar refractivity (Wildman–Crippen MR) is 96.7 cm³/mol. The molecule has 3 atom stereocenters. The highest BCUT2D eigenvalue weighted by Crippen LogP contribution is 2.24. The van der Waals surface area contributed by atoms with Gasteiger partial charge in [0.25, 0.3) is 0 Å². The van der Waals surface area contributed by atoms with E-state index < -0.39 is 0 Å². The maximum absolute atomic E-state index is 12.9. The maximum Gasteiger partial charge on any atom is 0.240 e. The molecule has 1 aliphatic heterocycles. The molecule has 1 aromatic carbocycles. The topological polar surface area (TPSA) is 52.7 Å². The van der Waals surface area contributed by atoms with Gasteiger partial charge >= 0.3 is 0 Å². The van der Waals surface area contributed by atoms with Crippen molar-refractivity contribution < 1.29 is 14.0 Å². The smallest absolute Gasteiger partial charge is 0.240 e. The molecule has 0 bridgehead atoms. The van der Waals surface area contributed by atoms with Crippen LogP contribution in [0.25, 0.3) is 0 Å². The number of halogens is 1. The highest BCUT2D eigenvalue weighted by atomic mass is 19.1. The van der Waals surface area contributed by atoms with Crippen LogP contribution in [0.15, 0.2) is 24.3 Å². The minimum Gasteiger partial charge on any atom is -0.336 e. The van der Waals surface area contributed by atoms with Crippen LogP contribution in [0, 0.1) is 5.82 Å². The second-order valence-electron chi connectivity index (χ2n) is 7.02. The molecular weight excluding hydrogens is 321 g/mol. The van der Waals surface area contributed by atoms with Crippen molar-refractivity contribution in [2.24, 2.45) is 0 Å². The summed E-state index contributed by atoms with van der Waals surface area (Å²) in [6.45, 7) is 6.10. The van der Waals surface area contributed by atoms with Crippen LogP contribution in [-0.4, -0.2) is 53.3 Å². The summed E-state index contributed by atoms with van der Waals surface area (Å²) >= 11 is 0. The Morgan fingerprint density at radius 1 is 1.24 bits per heavy atom. The zero-order valence-corrected chi connectivity index (χ0v) is 15.5. The Morgan fingerprint density at radius 2 is 1.80 bits per heavy atom. The van der Waals surface area contributed by atoms with E-state index in [0.29, 0.717) is 5.69 Å². The molecule has 2 rings (SSSR count). The Morgan fingerprint density at radius 3 is 2.36 bits per heavy atom. The van der Waals surface area contributed by atoms with E-state index in [4.69, 9.17) is 0 Å². The van der Waals surface area contributed by atoms with Crippen LogP contribution in [0.2, 0.25) is 0 Å². The third-order valence-corrected chi connectivity index (χ3v) is 4.99. The maximum atomic E-state index is 12.9. The number of piperidine rings is 1. The quantitative estimate of drug-likeness (QED) is 0.889. The van der Waals surface area contributed by atoms with Gasteiger partial charge in [-0.3, -0.25) is 14.5 Å². The number of nitrogens with zero attached hydrogens (tertiary/aromatic N) is 2. The molecule has 6 heteroatoms. The molecule has 1 heterocycles. The molecule has 0 unspecified atom stereocenters. The molecule has 0 aliphatic carbocycles. The Hall–Kier alpha value is -1.95. The highest BCUT2D eigenvalue weighted by Gasteiger charge is 2.33. The summed E-state index contributed by atoms with van der Waals surface area (Å²) in [6, 6.07) is 5.72. The summed E-state index contributed by atoms with van der Waals surface area (Å²) < 4.78 is 12.9. The van der Waals surface area contributed by atoms with Gasteiger partial charge in [0.15, 0.2) is 0 Å². The lowest BCUT2D eigenvalue weighted by atomic mass is 9.96. The van der Waals surface area contributed by atoms with E-state index in [-0.39, 0.29) is 42.3 Å². The van der Waals surface area contributed by atoms with Gasteiger partial charge in [0.1, 0.15) is 5.82 Å². The number of amides is 2. The van der Waals surface area contributed by atoms with Crippen molar-refractivity contribution >= 4 is 17.5 Å². The van der Waals surface area contributed by atoms with Crippen LogP contribution < -0.4 is 5.32 Å². The van der Waals surface area contributed by atoms with Crippen LogP contribution in [0.1, 0.15) is 40.0 Å². The molecule has 2 amide bonds. The number of nitrogens with one attached hydrogen (secondary N) is 1. The lowest BCUT2D eigenvalue weighted by Crippen LogP contribution is -2.54. The van der Waals surface area contributed by atoms with Crippen molar-refractivity contribution in [1.29, 1.82) is 0 Å². The lowest BCUT2D eigenvalue weighted by molar-refractivity contribution is -0.142. The fraction of sp³-hybridized carbons (Fsp3) is 0.579. The predicted octanol–water partition coefficient (Wildman–Crippen LogP) is 2.87. The van der Waals surface area contributed by atoms with E-state index >= 15 is 0 Å². The number of hydrogen-bond acceptors (Lipinski definition) is 3. The van der Waals surface area contributed by atoms with Crippen molar-refractivity contribution in [2.75, 3.05) is 18.9 Å². The molecule has 1 aliphatic rings. The molecule has 0 spiro atoms. The molecule has 5 nitrogen and oxygen atoms in total. The van der Waals surface area contributed by atoms with Gasteiger partial charge in [0.2, 0.25) is 11.8 Å². The van der Waals surface area contributed by atoms with E-state index in [0.717, 1.165) is 19.3 Å². The van der Waals surface area contributed by atoms with Crippen LogP contribution >= 0.6 is 0 Å². The number of anilines is 1. The van der Waals surface area contributed by atoms with E-state index in [1.165, 1.54) is 24.3 Å². The first-order chi connectivity index (χ1) is 11.8. The molecule has 1 N–H and O–H groups in total. The Balaban J connectivity index is 1.92. The van der Waals surface area contributed by atoms with E-state index in [1.807, 2.05) is 11.8 Å². The average molecular weight is 349 g/mol. The van der Waals surface area contributed by atoms with Crippen LogP contribution in [0.3, 0.4) is 0 Å². The lowest BCUT2D eigenvalue weighted by Gasteiger charge is -2.41. The van der Waals surface area contributed by atoms with Gasteiger partial charge in [-0.05, 0) is 71.3 Å². The summed E-state index contributed by atoms with van der Waals surface area (Å²) in [7, 11) is 1.77. The SMILES string of the molecule is C[C@H](C(=O)N1[C@H](C)CCC[C@@H]1C)N(C)CC(=O)Nc1ccc(F)cc1. The van der Waals surface area contributed by atoms with Gasteiger partial charge in [-0.15, -0.1) is 0 Å². The normalized spacial score (nSPS) is 21.9. The standard InChI is InChI=1S/C19H28FN3O2/c1-13-6-5-7-14(2)23(13)19(25)15(3)22(4)12-18(24)21-17-10-8-16(20)9-11-17/h8-11,13-15H,5-7,12H2,1-4H3,(H,21,24)/t13-,14+,15-/m1/s1. The van der Waals surface area contributed by atoms with Gasteiger partial charge in [-0.2, -0.15) is 0 Å². The number of carbonyl (C=O) groups excluding carboxylic acids is 2. The number of hydrogen-bond donors (Lipinski definition) is 1. The zero-order chi connectivity index (χ0) is 18.6. The summed E-state index contributed by atoms with van der Waals surface area (Å²) in [6.07, 6.45) is 3.20. The minimum atomic E-state index is -0.373. The third kappa shape index (κ3) is 5.01. The van der Waals surface area contributed by atoms with Gasteiger partial charge in [-0.25, -0.2) is 4.39 Å². The molecule has 1 fully saturated rings. The molecule has 0 radical (unpaired) electrons. The summed E-state index contributed by atoms with van der Waals surface area (Å²) in [5.41, 5.74) is 0.539. The van der Waals surface area contributed by atoms with Crippen LogP contribution in [0.4, 0.5) is 10.1 Å². The number of rotatable bonds is 5. The highest BCUT2D eigenvalue weighted by molar-refractivity contribution is 5.92. The number of likely N-dealkylation sites (tertiary alicyclic amines) is 1. The van der Waals surface area contributed by atoms with Gasteiger partial charge in [0, 0.05) is 17.8 Å². The Labute approximate surface area is 149 Å².